The highest BCUT2D eigenvalue weighted by Gasteiger charge is 2.22. The third kappa shape index (κ3) is 3.49. The zero-order valence-corrected chi connectivity index (χ0v) is 13.0. The fourth-order valence-corrected chi connectivity index (χ4v) is 2.86. The first-order chi connectivity index (χ1) is 9.70. The van der Waals surface area contributed by atoms with Gasteiger partial charge < -0.3 is 5.73 Å². The smallest absolute Gasteiger partial charge is 0.264 e. The van der Waals surface area contributed by atoms with Crippen LogP contribution in [0.1, 0.15) is 26.3 Å². The van der Waals surface area contributed by atoms with Gasteiger partial charge in [0.2, 0.25) is 5.95 Å². The van der Waals surface area contributed by atoms with Crippen molar-refractivity contribution in [2.75, 3.05) is 10.5 Å². The number of hydrogen-bond donors (Lipinski definition) is 2. The highest BCUT2D eigenvalue weighted by molar-refractivity contribution is 7.92. The molecule has 1 heterocycles. The monoisotopic (exact) mass is 306 g/mol. The Morgan fingerprint density at radius 2 is 1.67 bits per heavy atom. The van der Waals surface area contributed by atoms with Crippen LogP contribution in [0.15, 0.2) is 41.6 Å². The molecule has 0 saturated carbocycles. The fraction of sp³-hybridized carbons (Fsp3) is 0.286. The van der Waals surface area contributed by atoms with Gasteiger partial charge in [-0.05, 0) is 17.0 Å². The maximum Gasteiger partial charge on any atom is 0.264 e. The van der Waals surface area contributed by atoms with Crippen LogP contribution < -0.4 is 10.5 Å². The van der Waals surface area contributed by atoms with E-state index in [2.05, 4.69) is 14.7 Å². The summed E-state index contributed by atoms with van der Waals surface area (Å²) < 4.78 is 27.3. The second-order valence-electron chi connectivity index (χ2n) is 5.68. The van der Waals surface area contributed by atoms with Crippen LogP contribution in [0.25, 0.3) is 0 Å². The molecule has 3 N–H and O–H groups in total. The van der Waals surface area contributed by atoms with Crippen molar-refractivity contribution in [3.8, 4) is 0 Å². The Morgan fingerprint density at radius 3 is 2.24 bits per heavy atom. The number of nitrogens with two attached hydrogens (primary N) is 1. The summed E-state index contributed by atoms with van der Waals surface area (Å²) in [6, 6.07) is 7.30. The number of nitrogens with zero attached hydrogens (tertiary/aromatic N) is 2. The van der Waals surface area contributed by atoms with Crippen molar-refractivity contribution < 1.29 is 8.42 Å². The van der Waals surface area contributed by atoms with Crippen molar-refractivity contribution in [2.24, 2.45) is 0 Å². The van der Waals surface area contributed by atoms with Gasteiger partial charge in [-0.25, -0.2) is 18.4 Å². The number of hydrogen-bond acceptors (Lipinski definition) is 5. The molecule has 0 unspecified atom stereocenters. The van der Waals surface area contributed by atoms with Gasteiger partial charge in [0.1, 0.15) is 4.90 Å². The van der Waals surface area contributed by atoms with E-state index in [0.717, 1.165) is 5.56 Å². The predicted octanol–water partition coefficient (Wildman–Crippen LogP) is 2.16. The lowest BCUT2D eigenvalue weighted by Crippen LogP contribution is -2.19. The first-order valence-electron chi connectivity index (χ1n) is 6.40. The number of sulfonamides is 1. The van der Waals surface area contributed by atoms with E-state index in [1.165, 1.54) is 12.4 Å². The lowest BCUT2D eigenvalue weighted by molar-refractivity contribution is 0.590. The van der Waals surface area contributed by atoms with Crippen LogP contribution in [0.2, 0.25) is 0 Å². The maximum absolute atomic E-state index is 12.4. The van der Waals surface area contributed by atoms with E-state index in [9.17, 15) is 8.42 Å². The molecule has 0 amide bonds. The SMILES string of the molecule is CC(C)(C)c1ccccc1NS(=O)(=O)c1cnc(N)nc1. The van der Waals surface area contributed by atoms with Crippen LogP contribution >= 0.6 is 0 Å². The van der Waals surface area contributed by atoms with Gasteiger partial charge in [0.25, 0.3) is 10.0 Å². The third-order valence-electron chi connectivity index (χ3n) is 2.94. The van der Waals surface area contributed by atoms with Crippen LogP contribution in [-0.2, 0) is 15.4 Å². The minimum Gasteiger partial charge on any atom is -0.368 e. The molecule has 1 aromatic heterocycles. The molecule has 0 aliphatic rings. The number of nitrogen functional groups attached to an aromatic ring is 1. The molecule has 7 heteroatoms. The lowest BCUT2D eigenvalue weighted by atomic mass is 9.86. The normalized spacial score (nSPS) is 12.1. The van der Waals surface area contributed by atoms with Crippen LogP contribution in [0.4, 0.5) is 11.6 Å². The molecule has 0 fully saturated rings. The molecular formula is C14H18N4O2S. The van der Waals surface area contributed by atoms with Crippen LogP contribution in [0.3, 0.4) is 0 Å². The second-order valence-corrected chi connectivity index (χ2v) is 7.36. The molecule has 0 spiro atoms. The molecule has 2 rings (SSSR count). The third-order valence-corrected chi connectivity index (χ3v) is 4.26. The summed E-state index contributed by atoms with van der Waals surface area (Å²) in [7, 11) is -3.74. The number of nitrogens with one attached hydrogen (secondary N) is 1. The van der Waals surface area contributed by atoms with Crippen molar-refractivity contribution in [3.05, 3.63) is 42.2 Å². The van der Waals surface area contributed by atoms with Gasteiger partial charge in [0.15, 0.2) is 0 Å². The van der Waals surface area contributed by atoms with Crippen molar-refractivity contribution >= 4 is 21.7 Å². The van der Waals surface area contributed by atoms with Crippen molar-refractivity contribution in [1.82, 2.24) is 9.97 Å². The predicted molar refractivity (Wildman–Crippen MR) is 82.4 cm³/mol. The van der Waals surface area contributed by atoms with Gasteiger partial charge in [0.05, 0.1) is 18.1 Å². The first-order valence-corrected chi connectivity index (χ1v) is 7.88. The van der Waals surface area contributed by atoms with E-state index in [1.807, 2.05) is 32.9 Å². The first kappa shape index (κ1) is 15.2. The Bertz CT molecular complexity index is 734. The maximum atomic E-state index is 12.4. The number of anilines is 2. The number of rotatable bonds is 3. The van der Waals surface area contributed by atoms with E-state index in [-0.39, 0.29) is 16.3 Å². The van der Waals surface area contributed by atoms with Crippen molar-refractivity contribution in [3.63, 3.8) is 0 Å². The van der Waals surface area contributed by atoms with E-state index < -0.39 is 10.0 Å². The average molecular weight is 306 g/mol. The summed E-state index contributed by atoms with van der Waals surface area (Å²) in [4.78, 5) is 7.38. The summed E-state index contributed by atoms with van der Waals surface area (Å²) in [5.41, 5.74) is 6.63. The average Bonchev–Trinajstić information content (AvgIpc) is 2.38. The summed E-state index contributed by atoms with van der Waals surface area (Å²) >= 11 is 0. The molecule has 112 valence electrons. The standard InChI is InChI=1S/C14H18N4O2S/c1-14(2,3)11-6-4-5-7-12(11)18-21(19,20)10-8-16-13(15)17-9-10/h4-9,18H,1-3H3,(H2,15,16,17). The van der Waals surface area contributed by atoms with Gasteiger partial charge in [0, 0.05) is 0 Å². The molecule has 6 nitrogen and oxygen atoms in total. The van der Waals surface area contributed by atoms with Gasteiger partial charge >= 0.3 is 0 Å². The quantitative estimate of drug-likeness (QED) is 0.905. The Morgan fingerprint density at radius 1 is 1.10 bits per heavy atom. The van der Waals surface area contributed by atoms with E-state index in [4.69, 9.17) is 5.73 Å². The summed E-state index contributed by atoms with van der Waals surface area (Å²) in [5, 5.41) is 0. The van der Waals surface area contributed by atoms with Crippen LogP contribution in [0, 0.1) is 0 Å². The second kappa shape index (κ2) is 5.33. The summed E-state index contributed by atoms with van der Waals surface area (Å²) in [6.45, 7) is 6.06. The van der Waals surface area contributed by atoms with E-state index in [1.54, 1.807) is 12.1 Å². The minimum atomic E-state index is -3.74. The molecule has 0 radical (unpaired) electrons. The van der Waals surface area contributed by atoms with Gasteiger partial charge in [-0.3, -0.25) is 4.72 Å². The van der Waals surface area contributed by atoms with Gasteiger partial charge in [-0.15, -0.1) is 0 Å². The molecule has 2 aromatic rings. The zero-order valence-electron chi connectivity index (χ0n) is 12.2. The molecule has 1 aromatic carbocycles. The Balaban J connectivity index is 2.40. The fourth-order valence-electron chi connectivity index (χ4n) is 1.89. The van der Waals surface area contributed by atoms with Crippen LogP contribution in [0.5, 0.6) is 0 Å². The Hall–Kier alpha value is -2.15. The molecule has 21 heavy (non-hydrogen) atoms. The Labute approximate surface area is 124 Å². The molecule has 0 aliphatic heterocycles. The molecular weight excluding hydrogens is 288 g/mol. The number of para-hydroxylation sites is 1. The zero-order chi connectivity index (χ0) is 15.7. The minimum absolute atomic E-state index is 0.0274. The molecule has 0 aliphatic carbocycles. The van der Waals surface area contributed by atoms with E-state index in [0.29, 0.717) is 5.69 Å². The van der Waals surface area contributed by atoms with Gasteiger partial charge in [-0.2, -0.15) is 0 Å². The number of aromatic nitrogens is 2. The lowest BCUT2D eigenvalue weighted by Gasteiger charge is -2.23. The number of benzene rings is 1. The summed E-state index contributed by atoms with van der Waals surface area (Å²) in [5.74, 6) is 0.0315. The molecule has 0 saturated heterocycles. The highest BCUT2D eigenvalue weighted by atomic mass is 32.2. The molecule has 0 atom stereocenters. The van der Waals surface area contributed by atoms with Crippen molar-refractivity contribution in [2.45, 2.75) is 31.1 Å². The largest absolute Gasteiger partial charge is 0.368 e. The topological polar surface area (TPSA) is 98.0 Å². The van der Waals surface area contributed by atoms with Gasteiger partial charge in [-0.1, -0.05) is 39.0 Å². The summed E-state index contributed by atoms with van der Waals surface area (Å²) in [6.07, 6.45) is 2.37. The van der Waals surface area contributed by atoms with E-state index >= 15 is 0 Å². The van der Waals surface area contributed by atoms with Crippen LogP contribution in [-0.4, -0.2) is 18.4 Å². The molecule has 0 bridgehead atoms. The van der Waals surface area contributed by atoms with Crippen molar-refractivity contribution in [1.29, 1.82) is 0 Å². The highest BCUT2D eigenvalue weighted by Crippen LogP contribution is 2.30. The Kier molecular flexibility index (Phi) is 3.87.